The quantitative estimate of drug-likeness (QED) is 0.636. The molecule has 3 rings (SSSR count). The molecule has 0 radical (unpaired) electrons. The van der Waals surface area contributed by atoms with E-state index in [9.17, 15) is 9.59 Å². The molecule has 0 spiro atoms. The molecule has 1 aliphatic rings. The lowest BCUT2D eigenvalue weighted by molar-refractivity contribution is -0.140. The zero-order chi connectivity index (χ0) is 22.2. The number of rotatable bonds is 9. The summed E-state index contributed by atoms with van der Waals surface area (Å²) in [7, 11) is 0. The van der Waals surface area contributed by atoms with Crippen molar-refractivity contribution in [3.63, 3.8) is 0 Å². The maximum absolute atomic E-state index is 13.5. The molecule has 4 heteroatoms. The first kappa shape index (κ1) is 23.1. The highest BCUT2D eigenvalue weighted by Gasteiger charge is 2.30. The summed E-state index contributed by atoms with van der Waals surface area (Å²) < 4.78 is 0. The minimum atomic E-state index is -0.429. The molecule has 2 aromatic carbocycles. The Labute approximate surface area is 187 Å². The van der Waals surface area contributed by atoms with E-state index in [4.69, 9.17) is 0 Å². The van der Waals surface area contributed by atoms with E-state index in [1.807, 2.05) is 43.9 Å². The van der Waals surface area contributed by atoms with Crippen molar-refractivity contribution in [3.8, 4) is 0 Å². The van der Waals surface area contributed by atoms with Gasteiger partial charge in [0.05, 0.1) is 6.42 Å². The molecule has 0 aliphatic heterocycles. The molecule has 4 nitrogen and oxygen atoms in total. The van der Waals surface area contributed by atoms with Crippen molar-refractivity contribution in [1.82, 2.24) is 10.2 Å². The topological polar surface area (TPSA) is 49.4 Å². The summed E-state index contributed by atoms with van der Waals surface area (Å²) in [5.74, 6) is 0.0230. The Morgan fingerprint density at radius 3 is 2.45 bits per heavy atom. The molecule has 2 amide bonds. The summed E-state index contributed by atoms with van der Waals surface area (Å²) in [6.07, 6.45) is 6.12. The third-order valence-corrected chi connectivity index (χ3v) is 6.42. The summed E-state index contributed by atoms with van der Waals surface area (Å²) in [6, 6.07) is 16.2. The molecule has 1 aliphatic carbocycles. The lowest BCUT2D eigenvalue weighted by atomic mass is 10.0. The monoisotopic (exact) mass is 420 g/mol. The zero-order valence-corrected chi connectivity index (χ0v) is 19.2. The van der Waals surface area contributed by atoms with Gasteiger partial charge in [-0.1, -0.05) is 73.9 Å². The van der Waals surface area contributed by atoms with Gasteiger partial charge in [0, 0.05) is 12.6 Å². The largest absolute Gasteiger partial charge is 0.352 e. The number of nitrogens with zero attached hydrogens (tertiary/aromatic N) is 1. The minimum absolute atomic E-state index is 0.00299. The van der Waals surface area contributed by atoms with Crippen molar-refractivity contribution in [2.75, 3.05) is 6.54 Å². The Bertz CT molecular complexity index is 872. The van der Waals surface area contributed by atoms with Gasteiger partial charge in [-0.3, -0.25) is 9.59 Å². The van der Waals surface area contributed by atoms with E-state index in [0.29, 0.717) is 19.4 Å². The number of hydrogen-bond acceptors (Lipinski definition) is 2. The van der Waals surface area contributed by atoms with Crippen LogP contribution in [0.2, 0.25) is 0 Å². The maximum atomic E-state index is 13.5. The average molecular weight is 421 g/mol. The van der Waals surface area contributed by atoms with E-state index in [1.54, 1.807) is 0 Å². The highest BCUT2D eigenvalue weighted by Crippen LogP contribution is 2.19. The fourth-order valence-electron chi connectivity index (χ4n) is 4.52. The van der Waals surface area contributed by atoms with Crippen LogP contribution >= 0.6 is 0 Å². The number of carbonyl (C=O) groups is 2. The molecule has 31 heavy (non-hydrogen) atoms. The zero-order valence-electron chi connectivity index (χ0n) is 19.2. The van der Waals surface area contributed by atoms with Gasteiger partial charge >= 0.3 is 0 Å². The van der Waals surface area contributed by atoms with Crippen LogP contribution in [0.25, 0.3) is 0 Å². The number of aryl methyl sites for hydroxylation is 2. The first-order chi connectivity index (χ1) is 15.0. The van der Waals surface area contributed by atoms with E-state index in [-0.39, 0.29) is 17.9 Å². The molecular formula is C27H36N2O2. The van der Waals surface area contributed by atoms with Crippen molar-refractivity contribution in [2.45, 2.75) is 77.8 Å². The van der Waals surface area contributed by atoms with Gasteiger partial charge in [0.15, 0.2) is 0 Å². The second kappa shape index (κ2) is 11.1. The van der Waals surface area contributed by atoms with Gasteiger partial charge in [-0.05, 0) is 56.2 Å². The van der Waals surface area contributed by atoms with Crippen molar-refractivity contribution in [3.05, 3.63) is 70.8 Å². The fraction of sp³-hybridized carbons (Fsp3) is 0.481. The Balaban J connectivity index is 1.78. The van der Waals surface area contributed by atoms with E-state index in [1.165, 1.54) is 18.4 Å². The molecule has 2 aromatic rings. The predicted octanol–water partition coefficient (Wildman–Crippen LogP) is 4.75. The average Bonchev–Trinajstić information content (AvgIpc) is 3.27. The van der Waals surface area contributed by atoms with Crippen LogP contribution in [0.3, 0.4) is 0 Å². The summed E-state index contributed by atoms with van der Waals surface area (Å²) in [4.78, 5) is 28.5. The molecule has 0 aromatic heterocycles. The molecule has 1 atom stereocenters. The smallest absolute Gasteiger partial charge is 0.243 e. The normalized spacial score (nSPS) is 14.9. The summed E-state index contributed by atoms with van der Waals surface area (Å²) in [5, 5.41) is 3.21. The Kier molecular flexibility index (Phi) is 8.27. The third kappa shape index (κ3) is 6.43. The highest BCUT2D eigenvalue weighted by molar-refractivity contribution is 5.88. The van der Waals surface area contributed by atoms with Crippen LogP contribution in [-0.4, -0.2) is 35.3 Å². The Morgan fingerprint density at radius 1 is 1.06 bits per heavy atom. The van der Waals surface area contributed by atoms with E-state index in [0.717, 1.165) is 36.0 Å². The third-order valence-electron chi connectivity index (χ3n) is 6.42. The van der Waals surface area contributed by atoms with Crippen molar-refractivity contribution < 1.29 is 9.59 Å². The van der Waals surface area contributed by atoms with Gasteiger partial charge in [0.1, 0.15) is 6.04 Å². The maximum Gasteiger partial charge on any atom is 0.243 e. The molecule has 1 fully saturated rings. The molecule has 0 bridgehead atoms. The van der Waals surface area contributed by atoms with Gasteiger partial charge in [0.2, 0.25) is 11.8 Å². The lowest BCUT2D eigenvalue weighted by Crippen LogP contribution is -2.52. The second-order valence-corrected chi connectivity index (χ2v) is 8.84. The highest BCUT2D eigenvalue weighted by atomic mass is 16.2. The molecule has 1 saturated carbocycles. The summed E-state index contributed by atoms with van der Waals surface area (Å²) >= 11 is 0. The van der Waals surface area contributed by atoms with Crippen LogP contribution in [0.4, 0.5) is 0 Å². The van der Waals surface area contributed by atoms with Gasteiger partial charge in [-0.15, -0.1) is 0 Å². The van der Waals surface area contributed by atoms with Gasteiger partial charge in [0.25, 0.3) is 0 Å². The number of hydrogen-bond donors (Lipinski definition) is 1. The van der Waals surface area contributed by atoms with Gasteiger partial charge in [-0.25, -0.2) is 0 Å². The summed E-state index contributed by atoms with van der Waals surface area (Å²) in [5.41, 5.74) is 4.49. The van der Waals surface area contributed by atoms with Crippen LogP contribution < -0.4 is 5.32 Å². The molecular weight excluding hydrogens is 384 g/mol. The van der Waals surface area contributed by atoms with Crippen LogP contribution in [0, 0.1) is 13.8 Å². The molecule has 0 unspecified atom stereocenters. The van der Waals surface area contributed by atoms with Crippen molar-refractivity contribution >= 4 is 11.8 Å². The van der Waals surface area contributed by atoms with E-state index < -0.39 is 6.04 Å². The number of benzene rings is 2. The minimum Gasteiger partial charge on any atom is -0.352 e. The van der Waals surface area contributed by atoms with Gasteiger partial charge < -0.3 is 10.2 Å². The first-order valence-electron chi connectivity index (χ1n) is 11.7. The standard InChI is InChI=1S/C27H36N2O2/c1-4-25(27(31)28-24-12-8-9-13-24)29(17-16-22-10-6-5-7-11-22)26(30)19-23-18-20(2)14-15-21(23)3/h5-7,10-11,14-15,18,24-25H,4,8-9,12-13,16-17,19H2,1-3H3,(H,28,31)/t25-/m1/s1. The number of amides is 2. The molecule has 0 saturated heterocycles. The second-order valence-electron chi connectivity index (χ2n) is 8.84. The van der Waals surface area contributed by atoms with Crippen molar-refractivity contribution in [1.29, 1.82) is 0 Å². The molecule has 166 valence electrons. The van der Waals surface area contributed by atoms with Crippen LogP contribution in [0.1, 0.15) is 61.3 Å². The SMILES string of the molecule is CC[C@H](C(=O)NC1CCCC1)N(CCc1ccccc1)C(=O)Cc1cc(C)ccc1C. The van der Waals surface area contributed by atoms with Crippen LogP contribution in [0.15, 0.2) is 48.5 Å². The molecule has 1 N–H and O–H groups in total. The Morgan fingerprint density at radius 2 is 1.77 bits per heavy atom. The number of carbonyl (C=O) groups excluding carboxylic acids is 2. The van der Waals surface area contributed by atoms with E-state index in [2.05, 4.69) is 35.6 Å². The number of nitrogens with one attached hydrogen (secondary N) is 1. The lowest BCUT2D eigenvalue weighted by Gasteiger charge is -2.32. The van der Waals surface area contributed by atoms with Crippen molar-refractivity contribution in [2.24, 2.45) is 0 Å². The fourth-order valence-corrected chi connectivity index (χ4v) is 4.52. The Hall–Kier alpha value is -2.62. The summed E-state index contributed by atoms with van der Waals surface area (Å²) in [6.45, 7) is 6.63. The first-order valence-corrected chi connectivity index (χ1v) is 11.7. The van der Waals surface area contributed by atoms with Crippen LogP contribution in [-0.2, 0) is 22.4 Å². The van der Waals surface area contributed by atoms with Crippen LogP contribution in [0.5, 0.6) is 0 Å². The molecule has 0 heterocycles. The predicted molar refractivity (Wildman–Crippen MR) is 126 cm³/mol. The van der Waals surface area contributed by atoms with Gasteiger partial charge in [-0.2, -0.15) is 0 Å². The van der Waals surface area contributed by atoms with E-state index >= 15 is 0 Å².